The maximum absolute atomic E-state index is 5.10. The van der Waals surface area contributed by atoms with E-state index in [4.69, 9.17) is 17.6 Å². The Balaban J connectivity index is 0.000000255. The van der Waals surface area contributed by atoms with E-state index in [1.165, 1.54) is 0 Å². The van der Waals surface area contributed by atoms with Crippen LogP contribution < -0.4 is 4.74 Å². The highest BCUT2D eigenvalue weighted by Crippen LogP contribution is 2.20. The van der Waals surface area contributed by atoms with Crippen LogP contribution in [0.25, 0.3) is 11.0 Å². The molecule has 25 heavy (non-hydrogen) atoms. The second kappa shape index (κ2) is 12.0. The highest BCUT2D eigenvalue weighted by atomic mass is 16.5. The van der Waals surface area contributed by atoms with Crippen LogP contribution in [0.4, 0.5) is 0 Å². The Hall–Kier alpha value is -4.59. The molecule has 0 amide bonds. The number of H-pyrrole nitrogens is 1. The van der Waals surface area contributed by atoms with Gasteiger partial charge in [0.15, 0.2) is 0 Å². The Morgan fingerprint density at radius 1 is 0.840 bits per heavy atom. The van der Waals surface area contributed by atoms with Gasteiger partial charge in [-0.25, -0.2) is 4.98 Å². The van der Waals surface area contributed by atoms with Crippen LogP contribution in [0.5, 0.6) is 5.75 Å². The molecule has 114 valence electrons. The van der Waals surface area contributed by atoms with Gasteiger partial charge in [0.1, 0.15) is 11.3 Å². The van der Waals surface area contributed by atoms with Gasteiger partial charge in [-0.2, -0.15) is 0 Å². The van der Waals surface area contributed by atoms with Crippen molar-refractivity contribution in [3.63, 3.8) is 0 Å². The lowest BCUT2D eigenvalue weighted by atomic mass is 10.3. The lowest BCUT2D eigenvalue weighted by Gasteiger charge is -1.97. The second-order valence-corrected chi connectivity index (χ2v) is 3.80. The first-order chi connectivity index (χ1) is 12.3. The summed E-state index contributed by atoms with van der Waals surface area (Å²) in [5.41, 5.74) is 1.89. The Kier molecular flexibility index (Phi) is 8.86. The Labute approximate surface area is 147 Å². The van der Waals surface area contributed by atoms with E-state index >= 15 is 0 Å². The number of fused-ring (bicyclic) bond motifs is 1. The minimum Gasteiger partial charge on any atom is -0.494 e. The van der Waals surface area contributed by atoms with E-state index in [-0.39, 0.29) is 0 Å². The number of hydrogen-bond donors (Lipinski definition) is 1. The molecular formula is C22H10N2O. The van der Waals surface area contributed by atoms with E-state index < -0.39 is 0 Å². The summed E-state index contributed by atoms with van der Waals surface area (Å²) in [5, 5.41) is 0. The number of imidazole rings is 1. The highest BCUT2D eigenvalue weighted by Gasteiger charge is 2.00. The first-order valence-corrected chi connectivity index (χ1v) is 6.70. The maximum Gasteiger partial charge on any atom is 0.146 e. The molecular weight excluding hydrogens is 308 g/mol. The monoisotopic (exact) mass is 318 g/mol. The van der Waals surface area contributed by atoms with Crippen molar-refractivity contribution >= 4 is 11.0 Å². The van der Waals surface area contributed by atoms with Crippen molar-refractivity contribution in [1.82, 2.24) is 9.97 Å². The summed E-state index contributed by atoms with van der Waals surface area (Å²) in [6.45, 7) is 0. The second-order valence-electron chi connectivity index (χ2n) is 3.80. The molecule has 0 aliphatic heterocycles. The fraction of sp³-hybridized carbons (Fsp3) is 0.0455. The number of nitrogens with one attached hydrogen (secondary N) is 1. The molecule has 2 aromatic rings. The molecule has 0 bridgehead atoms. The standard InChI is InChI=1S/C14H2.C8H8N2O/c1-3-5-7-9-11-13-14-12-10-8-6-4-2;1-11-7-4-2-3-6-8(7)10-5-9-6/h1-2H;2-5H,1H3,(H,9,10). The lowest BCUT2D eigenvalue weighted by molar-refractivity contribution is 0.419. The number of benzene rings is 1. The van der Waals surface area contributed by atoms with Gasteiger partial charge < -0.3 is 9.72 Å². The zero-order valence-corrected chi connectivity index (χ0v) is 13.3. The molecule has 0 radical (unpaired) electrons. The third kappa shape index (κ3) is 7.29. The van der Waals surface area contributed by atoms with Gasteiger partial charge in [0.25, 0.3) is 0 Å². The van der Waals surface area contributed by atoms with E-state index in [1.807, 2.05) is 18.2 Å². The Bertz CT molecular complexity index is 1070. The van der Waals surface area contributed by atoms with Gasteiger partial charge in [0, 0.05) is 0 Å². The third-order valence-electron chi connectivity index (χ3n) is 2.34. The summed E-state index contributed by atoms with van der Waals surface area (Å²) in [4.78, 5) is 7.11. The van der Waals surface area contributed by atoms with E-state index in [0.717, 1.165) is 16.8 Å². The van der Waals surface area contributed by atoms with Gasteiger partial charge in [-0.15, -0.1) is 12.8 Å². The van der Waals surface area contributed by atoms with Crippen LogP contribution in [-0.2, 0) is 0 Å². The van der Waals surface area contributed by atoms with Crippen molar-refractivity contribution in [2.45, 2.75) is 0 Å². The van der Waals surface area contributed by atoms with Crippen molar-refractivity contribution in [3.8, 4) is 89.6 Å². The summed E-state index contributed by atoms with van der Waals surface area (Å²) >= 11 is 0. The molecule has 3 heteroatoms. The molecule has 0 fully saturated rings. The van der Waals surface area contributed by atoms with Gasteiger partial charge in [0.2, 0.25) is 0 Å². The summed E-state index contributed by atoms with van der Waals surface area (Å²) in [5.74, 6) is 29.1. The molecule has 3 nitrogen and oxygen atoms in total. The minimum atomic E-state index is 0.809. The predicted molar refractivity (Wildman–Crippen MR) is 99.2 cm³/mol. The van der Waals surface area contributed by atoms with Crippen molar-refractivity contribution in [2.75, 3.05) is 7.11 Å². The molecule has 1 heterocycles. The topological polar surface area (TPSA) is 37.9 Å². The number of aromatic nitrogens is 2. The number of terminal acetylenes is 2. The molecule has 0 saturated carbocycles. The maximum atomic E-state index is 5.10. The summed E-state index contributed by atoms with van der Waals surface area (Å²) < 4.78 is 5.10. The van der Waals surface area contributed by atoms with E-state index in [9.17, 15) is 0 Å². The van der Waals surface area contributed by atoms with E-state index in [1.54, 1.807) is 13.4 Å². The SMILES string of the molecule is C#CC#CC#CC#CC#CC#CC#C.COc1cccc2[nH]cnc12. The van der Waals surface area contributed by atoms with Crippen LogP contribution in [0.2, 0.25) is 0 Å². The molecule has 0 unspecified atom stereocenters. The first kappa shape index (κ1) is 18.5. The molecule has 1 N–H and O–H groups in total. The largest absolute Gasteiger partial charge is 0.494 e. The quantitative estimate of drug-likeness (QED) is 0.815. The van der Waals surface area contributed by atoms with Crippen molar-refractivity contribution in [1.29, 1.82) is 0 Å². The van der Waals surface area contributed by atoms with Crippen LogP contribution in [0, 0.1) is 83.9 Å². The molecule has 0 aliphatic rings. The lowest BCUT2D eigenvalue weighted by Crippen LogP contribution is -1.82. The average Bonchev–Trinajstić information content (AvgIpc) is 3.13. The van der Waals surface area contributed by atoms with Crippen LogP contribution >= 0.6 is 0 Å². The molecule has 0 atom stereocenters. The third-order valence-corrected chi connectivity index (χ3v) is 2.34. The first-order valence-electron chi connectivity index (χ1n) is 6.70. The molecule has 0 aliphatic carbocycles. The number of aromatic amines is 1. The molecule has 0 spiro atoms. The van der Waals surface area contributed by atoms with Crippen LogP contribution in [-0.4, -0.2) is 17.1 Å². The van der Waals surface area contributed by atoms with Crippen molar-refractivity contribution in [3.05, 3.63) is 24.5 Å². The molecule has 1 aromatic heterocycles. The van der Waals surface area contributed by atoms with Gasteiger partial charge >= 0.3 is 0 Å². The van der Waals surface area contributed by atoms with Gasteiger partial charge in [0.05, 0.1) is 19.0 Å². The zero-order valence-electron chi connectivity index (χ0n) is 13.3. The Morgan fingerprint density at radius 2 is 1.36 bits per heavy atom. The average molecular weight is 318 g/mol. The van der Waals surface area contributed by atoms with Crippen LogP contribution in [0.1, 0.15) is 0 Å². The summed E-state index contributed by atoms with van der Waals surface area (Å²) in [7, 11) is 1.64. The predicted octanol–water partition coefficient (Wildman–Crippen LogP) is 1.84. The molecule has 2 rings (SSSR count). The number of ether oxygens (including phenoxy) is 1. The molecule has 0 saturated heterocycles. The van der Waals surface area contributed by atoms with Crippen molar-refractivity contribution in [2.24, 2.45) is 0 Å². The number of para-hydroxylation sites is 1. The fourth-order valence-corrected chi connectivity index (χ4v) is 1.43. The molecule has 1 aromatic carbocycles. The number of nitrogens with zero attached hydrogens (tertiary/aromatic N) is 1. The normalized spacial score (nSPS) is 6.52. The van der Waals surface area contributed by atoms with E-state index in [0.29, 0.717) is 0 Å². The number of methoxy groups -OCH3 is 1. The fourth-order valence-electron chi connectivity index (χ4n) is 1.43. The number of rotatable bonds is 1. The van der Waals surface area contributed by atoms with Crippen molar-refractivity contribution < 1.29 is 4.74 Å². The van der Waals surface area contributed by atoms with Crippen LogP contribution in [0.3, 0.4) is 0 Å². The van der Waals surface area contributed by atoms with E-state index in [2.05, 4.69) is 81.0 Å². The summed E-state index contributed by atoms with van der Waals surface area (Å²) in [6, 6.07) is 5.79. The van der Waals surface area contributed by atoms with Gasteiger partial charge in [-0.3, -0.25) is 0 Å². The Morgan fingerprint density at radius 3 is 1.84 bits per heavy atom. The minimum absolute atomic E-state index is 0.809. The summed E-state index contributed by atoms with van der Waals surface area (Å²) in [6.07, 6.45) is 11.4. The zero-order chi connectivity index (χ0) is 18.2. The highest BCUT2D eigenvalue weighted by molar-refractivity contribution is 5.80. The number of hydrogen-bond acceptors (Lipinski definition) is 2. The van der Waals surface area contributed by atoms with Gasteiger partial charge in [-0.1, -0.05) is 6.07 Å². The van der Waals surface area contributed by atoms with Gasteiger partial charge in [-0.05, 0) is 83.2 Å². The smallest absolute Gasteiger partial charge is 0.146 e. The van der Waals surface area contributed by atoms with Crippen LogP contribution in [0.15, 0.2) is 24.5 Å².